The molecule has 0 aromatic heterocycles. The zero-order valence-electron chi connectivity index (χ0n) is 17.1. The fourth-order valence-corrected chi connectivity index (χ4v) is 3.53. The molecule has 1 aliphatic heterocycles. The number of hydrogen-bond acceptors (Lipinski definition) is 4. The van der Waals surface area contributed by atoms with Gasteiger partial charge in [-0.3, -0.25) is 19.3 Å². The number of likely N-dealkylation sites (N-methyl/N-ethyl adjacent to an activating group) is 1. The molecule has 0 aliphatic carbocycles. The van der Waals surface area contributed by atoms with Crippen LogP contribution in [-0.2, 0) is 11.2 Å². The van der Waals surface area contributed by atoms with Gasteiger partial charge in [0.1, 0.15) is 0 Å². The molecule has 0 unspecified atom stereocenters. The first-order valence-electron chi connectivity index (χ1n) is 9.89. The Hall–Kier alpha value is -2.99. The van der Waals surface area contributed by atoms with Gasteiger partial charge >= 0.3 is 0 Å². The lowest BCUT2D eigenvalue weighted by atomic mass is 10.0. The van der Waals surface area contributed by atoms with Gasteiger partial charge in [0.15, 0.2) is 0 Å². The number of amides is 3. The summed E-state index contributed by atoms with van der Waals surface area (Å²) in [4.78, 5) is 40.3. The van der Waals surface area contributed by atoms with E-state index >= 15 is 0 Å². The van der Waals surface area contributed by atoms with E-state index < -0.39 is 0 Å². The lowest BCUT2D eigenvalue weighted by molar-refractivity contribution is -0.121. The minimum absolute atomic E-state index is 0.0455. The molecule has 2 aromatic carbocycles. The highest BCUT2D eigenvalue weighted by Crippen LogP contribution is 2.22. The Bertz CT molecular complexity index is 871. The lowest BCUT2D eigenvalue weighted by Gasteiger charge is -2.25. The summed E-state index contributed by atoms with van der Waals surface area (Å²) in [5, 5.41) is 2.94. The molecule has 6 nitrogen and oxygen atoms in total. The fraction of sp³-hybridized carbons (Fsp3) is 0.348. The van der Waals surface area contributed by atoms with Crippen LogP contribution < -0.4 is 5.32 Å². The molecule has 0 fully saturated rings. The molecular weight excluding hydrogens is 366 g/mol. The number of rotatable bonds is 8. The van der Waals surface area contributed by atoms with Gasteiger partial charge in [0.05, 0.1) is 17.2 Å². The molecular formula is C23H27N3O3. The number of fused-ring (bicyclic) bond motifs is 1. The molecule has 1 heterocycles. The molecule has 29 heavy (non-hydrogen) atoms. The van der Waals surface area contributed by atoms with Crippen molar-refractivity contribution in [2.45, 2.75) is 25.8 Å². The van der Waals surface area contributed by atoms with E-state index in [-0.39, 0.29) is 36.7 Å². The van der Waals surface area contributed by atoms with Crippen LogP contribution >= 0.6 is 0 Å². The molecule has 0 saturated heterocycles. The molecule has 0 bridgehead atoms. The van der Waals surface area contributed by atoms with E-state index in [2.05, 4.69) is 41.4 Å². The Morgan fingerprint density at radius 3 is 2.10 bits per heavy atom. The predicted molar refractivity (Wildman–Crippen MR) is 112 cm³/mol. The molecule has 1 aliphatic rings. The van der Waals surface area contributed by atoms with Crippen LogP contribution in [0.1, 0.15) is 51.2 Å². The SMILES string of the molecule is CCc1ccc([C@@H](CNC(=O)CCN2C(=O)c3ccccc3C2=O)N(C)C)cc1. The molecule has 0 radical (unpaired) electrons. The third-order valence-corrected chi connectivity index (χ3v) is 5.33. The van der Waals surface area contributed by atoms with Crippen molar-refractivity contribution in [2.75, 3.05) is 27.2 Å². The van der Waals surface area contributed by atoms with Crippen LogP contribution in [0.2, 0.25) is 0 Å². The van der Waals surface area contributed by atoms with Crippen molar-refractivity contribution in [3.8, 4) is 0 Å². The summed E-state index contributed by atoms with van der Waals surface area (Å²) in [5.41, 5.74) is 3.21. The molecule has 3 amide bonds. The summed E-state index contributed by atoms with van der Waals surface area (Å²) in [6.07, 6.45) is 1.07. The van der Waals surface area contributed by atoms with E-state index in [9.17, 15) is 14.4 Å². The third-order valence-electron chi connectivity index (χ3n) is 5.33. The van der Waals surface area contributed by atoms with Gasteiger partial charge in [-0.1, -0.05) is 43.3 Å². The maximum atomic E-state index is 12.4. The van der Waals surface area contributed by atoms with Crippen molar-refractivity contribution in [2.24, 2.45) is 0 Å². The van der Waals surface area contributed by atoms with Crippen LogP contribution in [-0.4, -0.2) is 54.7 Å². The van der Waals surface area contributed by atoms with Crippen LogP contribution in [0.4, 0.5) is 0 Å². The van der Waals surface area contributed by atoms with Crippen LogP contribution in [0, 0.1) is 0 Å². The summed E-state index contributed by atoms with van der Waals surface area (Å²) in [7, 11) is 3.95. The molecule has 0 saturated carbocycles. The number of nitrogens with one attached hydrogen (secondary N) is 1. The monoisotopic (exact) mass is 393 g/mol. The second kappa shape index (κ2) is 9.01. The van der Waals surface area contributed by atoms with Gasteiger partial charge in [-0.05, 0) is 43.8 Å². The van der Waals surface area contributed by atoms with E-state index in [1.54, 1.807) is 24.3 Å². The van der Waals surface area contributed by atoms with Crippen molar-refractivity contribution in [1.82, 2.24) is 15.1 Å². The molecule has 2 aromatic rings. The van der Waals surface area contributed by atoms with Crippen molar-refractivity contribution >= 4 is 17.7 Å². The van der Waals surface area contributed by atoms with E-state index in [1.165, 1.54) is 5.56 Å². The normalized spacial score (nSPS) is 14.3. The minimum Gasteiger partial charge on any atom is -0.354 e. The molecule has 152 valence electrons. The van der Waals surface area contributed by atoms with E-state index in [0.29, 0.717) is 17.7 Å². The van der Waals surface area contributed by atoms with E-state index in [4.69, 9.17) is 0 Å². The Labute approximate surface area is 171 Å². The number of carbonyl (C=O) groups is 3. The van der Waals surface area contributed by atoms with Gasteiger partial charge in [0.25, 0.3) is 11.8 Å². The summed E-state index contributed by atoms with van der Waals surface area (Å²) in [6, 6.07) is 15.2. The average molecular weight is 393 g/mol. The molecule has 1 atom stereocenters. The Kier molecular flexibility index (Phi) is 6.44. The van der Waals surface area contributed by atoms with Gasteiger partial charge in [-0.2, -0.15) is 0 Å². The Morgan fingerprint density at radius 1 is 1.00 bits per heavy atom. The largest absolute Gasteiger partial charge is 0.354 e. The number of carbonyl (C=O) groups excluding carboxylic acids is 3. The molecule has 3 rings (SSSR count). The summed E-state index contributed by atoms with van der Waals surface area (Å²) in [5.74, 6) is -0.847. The number of nitrogens with zero attached hydrogens (tertiary/aromatic N) is 2. The van der Waals surface area contributed by atoms with Gasteiger partial charge in [0.2, 0.25) is 5.91 Å². The standard InChI is InChI=1S/C23H27N3O3/c1-4-16-9-11-17(12-10-16)20(25(2)3)15-24-21(27)13-14-26-22(28)18-7-5-6-8-19(18)23(26)29/h5-12,20H,4,13-15H2,1-3H3,(H,24,27)/t20-/m1/s1. The second-order valence-electron chi connectivity index (χ2n) is 7.44. The molecule has 1 N–H and O–H groups in total. The topological polar surface area (TPSA) is 69.7 Å². The highest BCUT2D eigenvalue weighted by atomic mass is 16.2. The van der Waals surface area contributed by atoms with Crippen LogP contribution in [0.25, 0.3) is 0 Å². The summed E-state index contributed by atoms with van der Waals surface area (Å²) >= 11 is 0. The smallest absolute Gasteiger partial charge is 0.261 e. The van der Waals surface area contributed by atoms with Crippen molar-refractivity contribution in [3.05, 3.63) is 70.8 Å². The van der Waals surface area contributed by atoms with E-state index in [1.807, 2.05) is 14.1 Å². The molecule has 0 spiro atoms. The quantitative estimate of drug-likeness (QED) is 0.700. The second-order valence-corrected chi connectivity index (χ2v) is 7.44. The predicted octanol–water partition coefficient (Wildman–Crippen LogP) is 2.65. The zero-order chi connectivity index (χ0) is 21.0. The van der Waals surface area contributed by atoms with Gasteiger partial charge in [-0.25, -0.2) is 0 Å². The number of imide groups is 1. The van der Waals surface area contributed by atoms with Crippen LogP contribution in [0.3, 0.4) is 0 Å². The van der Waals surface area contributed by atoms with Crippen molar-refractivity contribution < 1.29 is 14.4 Å². The fourth-order valence-electron chi connectivity index (χ4n) is 3.53. The first-order chi connectivity index (χ1) is 13.9. The van der Waals surface area contributed by atoms with Crippen molar-refractivity contribution in [1.29, 1.82) is 0 Å². The highest BCUT2D eigenvalue weighted by molar-refractivity contribution is 6.21. The maximum absolute atomic E-state index is 12.4. The van der Waals surface area contributed by atoms with Crippen LogP contribution in [0.5, 0.6) is 0 Å². The number of aryl methyl sites for hydroxylation is 1. The average Bonchev–Trinajstić information content (AvgIpc) is 2.97. The Balaban J connectivity index is 1.55. The lowest BCUT2D eigenvalue weighted by Crippen LogP contribution is -2.37. The zero-order valence-corrected chi connectivity index (χ0v) is 17.1. The molecule has 6 heteroatoms. The third kappa shape index (κ3) is 4.54. The van der Waals surface area contributed by atoms with Gasteiger partial charge < -0.3 is 10.2 Å². The maximum Gasteiger partial charge on any atom is 0.261 e. The van der Waals surface area contributed by atoms with Gasteiger partial charge in [-0.15, -0.1) is 0 Å². The minimum atomic E-state index is -0.333. The van der Waals surface area contributed by atoms with Gasteiger partial charge in [0, 0.05) is 19.5 Å². The highest BCUT2D eigenvalue weighted by Gasteiger charge is 2.34. The number of hydrogen-bond donors (Lipinski definition) is 1. The number of benzene rings is 2. The van der Waals surface area contributed by atoms with E-state index in [0.717, 1.165) is 16.9 Å². The van der Waals surface area contributed by atoms with Crippen molar-refractivity contribution in [3.63, 3.8) is 0 Å². The first-order valence-corrected chi connectivity index (χ1v) is 9.89. The summed E-state index contributed by atoms with van der Waals surface area (Å²) < 4.78 is 0. The summed E-state index contributed by atoms with van der Waals surface area (Å²) in [6.45, 7) is 2.66. The first kappa shape index (κ1) is 20.7. The Morgan fingerprint density at radius 2 is 1.59 bits per heavy atom. The van der Waals surface area contributed by atoms with Crippen LogP contribution in [0.15, 0.2) is 48.5 Å².